The van der Waals surface area contributed by atoms with Crippen LogP contribution >= 0.6 is 24.8 Å². The van der Waals surface area contributed by atoms with E-state index in [4.69, 9.17) is 0 Å². The molecule has 1 atom stereocenters. The molecule has 1 saturated heterocycles. The summed E-state index contributed by atoms with van der Waals surface area (Å²) in [5, 5.41) is 3.32. The Bertz CT molecular complexity index is 426. The SMILES string of the molecule is C=CC[C@@H](c1ccc(OC(F)F)cc1)N1CCNCC1.Cl.Cl. The van der Waals surface area contributed by atoms with Crippen LogP contribution in [0.1, 0.15) is 18.0 Å². The lowest BCUT2D eigenvalue weighted by Crippen LogP contribution is -2.45. The summed E-state index contributed by atoms with van der Waals surface area (Å²) < 4.78 is 28.7. The molecule has 1 N–H and O–H groups in total. The fourth-order valence-electron chi connectivity index (χ4n) is 2.52. The molecular formula is C15H22Cl2F2N2O. The predicted octanol–water partition coefficient (Wildman–Crippen LogP) is 3.65. The van der Waals surface area contributed by atoms with Crippen molar-refractivity contribution in [3.05, 3.63) is 42.5 Å². The van der Waals surface area contributed by atoms with Crippen LogP contribution in [0.2, 0.25) is 0 Å². The number of rotatable bonds is 6. The summed E-state index contributed by atoms with van der Waals surface area (Å²) >= 11 is 0. The van der Waals surface area contributed by atoms with E-state index in [0.29, 0.717) is 0 Å². The summed E-state index contributed by atoms with van der Waals surface area (Å²) in [6, 6.07) is 7.15. The zero-order chi connectivity index (χ0) is 14.4. The molecule has 126 valence electrons. The van der Waals surface area contributed by atoms with E-state index in [1.54, 1.807) is 12.1 Å². The predicted molar refractivity (Wildman–Crippen MR) is 89.6 cm³/mol. The Kier molecular flexibility index (Phi) is 10.3. The maximum Gasteiger partial charge on any atom is 0.387 e. The van der Waals surface area contributed by atoms with E-state index in [1.807, 2.05) is 18.2 Å². The van der Waals surface area contributed by atoms with E-state index < -0.39 is 6.61 Å². The van der Waals surface area contributed by atoms with Crippen LogP contribution in [0.3, 0.4) is 0 Å². The highest BCUT2D eigenvalue weighted by atomic mass is 35.5. The first-order valence-electron chi connectivity index (χ1n) is 6.81. The zero-order valence-electron chi connectivity index (χ0n) is 12.2. The van der Waals surface area contributed by atoms with Crippen LogP contribution in [0.4, 0.5) is 8.78 Å². The lowest BCUT2D eigenvalue weighted by Gasteiger charge is -2.34. The van der Waals surface area contributed by atoms with Gasteiger partial charge in [-0.15, -0.1) is 31.4 Å². The number of piperazine rings is 1. The molecule has 1 aliphatic rings. The summed E-state index contributed by atoms with van der Waals surface area (Å²) in [7, 11) is 0. The Balaban J connectivity index is 0.00000220. The molecule has 2 rings (SSSR count). The number of alkyl halides is 2. The number of hydrogen-bond acceptors (Lipinski definition) is 3. The molecule has 1 aromatic rings. The summed E-state index contributed by atoms with van der Waals surface area (Å²) in [6.07, 6.45) is 2.74. The van der Waals surface area contributed by atoms with Crippen molar-refractivity contribution >= 4 is 24.8 Å². The Labute approximate surface area is 142 Å². The van der Waals surface area contributed by atoms with Crippen molar-refractivity contribution in [2.24, 2.45) is 0 Å². The number of nitrogens with zero attached hydrogens (tertiary/aromatic N) is 1. The molecule has 1 aliphatic heterocycles. The van der Waals surface area contributed by atoms with Crippen molar-refractivity contribution in [2.75, 3.05) is 26.2 Å². The molecule has 3 nitrogen and oxygen atoms in total. The summed E-state index contributed by atoms with van der Waals surface area (Å²) in [5.41, 5.74) is 1.11. The molecule has 0 bridgehead atoms. The van der Waals surface area contributed by atoms with Crippen molar-refractivity contribution in [1.29, 1.82) is 0 Å². The molecule has 7 heteroatoms. The smallest absolute Gasteiger partial charge is 0.387 e. The quantitative estimate of drug-likeness (QED) is 0.789. The fourth-order valence-corrected chi connectivity index (χ4v) is 2.52. The van der Waals surface area contributed by atoms with Gasteiger partial charge >= 0.3 is 6.61 Å². The monoisotopic (exact) mass is 354 g/mol. The van der Waals surface area contributed by atoms with Gasteiger partial charge < -0.3 is 10.1 Å². The second-order valence-electron chi connectivity index (χ2n) is 4.77. The van der Waals surface area contributed by atoms with Crippen LogP contribution in [0.5, 0.6) is 5.75 Å². The van der Waals surface area contributed by atoms with Crippen LogP contribution in [0.25, 0.3) is 0 Å². The van der Waals surface area contributed by atoms with Crippen molar-refractivity contribution in [1.82, 2.24) is 10.2 Å². The van der Waals surface area contributed by atoms with Gasteiger partial charge in [0.25, 0.3) is 0 Å². The Morgan fingerprint density at radius 3 is 2.27 bits per heavy atom. The standard InChI is InChI=1S/C15H20F2N2O.2ClH/c1-2-3-14(19-10-8-18-9-11-19)12-4-6-13(7-5-12)20-15(16)17;;/h2,4-7,14-15,18H,1,3,8-11H2;2*1H/t14-;;/m0../s1. The molecule has 22 heavy (non-hydrogen) atoms. The first kappa shape index (κ1) is 21.1. The highest BCUT2D eigenvalue weighted by molar-refractivity contribution is 5.85. The maximum atomic E-state index is 12.1. The number of hydrogen-bond donors (Lipinski definition) is 1. The Morgan fingerprint density at radius 2 is 1.77 bits per heavy atom. The van der Waals surface area contributed by atoms with Gasteiger partial charge in [0.1, 0.15) is 5.75 Å². The molecule has 0 radical (unpaired) electrons. The Morgan fingerprint density at radius 1 is 1.18 bits per heavy atom. The molecule has 0 saturated carbocycles. The third-order valence-corrected chi connectivity index (χ3v) is 3.47. The van der Waals surface area contributed by atoms with Crippen LogP contribution in [-0.4, -0.2) is 37.7 Å². The van der Waals surface area contributed by atoms with Gasteiger partial charge in [-0.3, -0.25) is 4.90 Å². The average molecular weight is 355 g/mol. The summed E-state index contributed by atoms with van der Waals surface area (Å²) in [6.45, 7) is 4.94. The maximum absolute atomic E-state index is 12.1. The van der Waals surface area contributed by atoms with Crippen LogP contribution < -0.4 is 10.1 Å². The molecule has 0 aliphatic carbocycles. The highest BCUT2D eigenvalue weighted by Gasteiger charge is 2.21. The van der Waals surface area contributed by atoms with E-state index in [9.17, 15) is 8.78 Å². The number of ether oxygens (including phenoxy) is 1. The normalized spacial score (nSPS) is 16.3. The average Bonchev–Trinajstić information content (AvgIpc) is 2.46. The lowest BCUT2D eigenvalue weighted by atomic mass is 10.0. The molecule has 1 fully saturated rings. The molecule has 1 heterocycles. The van der Waals surface area contributed by atoms with Gasteiger partial charge in [-0.05, 0) is 24.1 Å². The molecule has 0 amide bonds. The molecule has 1 aromatic carbocycles. The minimum Gasteiger partial charge on any atom is -0.435 e. The largest absolute Gasteiger partial charge is 0.435 e. The van der Waals surface area contributed by atoms with Gasteiger partial charge in [0.15, 0.2) is 0 Å². The first-order valence-corrected chi connectivity index (χ1v) is 6.81. The fraction of sp³-hybridized carbons (Fsp3) is 0.467. The lowest BCUT2D eigenvalue weighted by molar-refractivity contribution is -0.0498. The number of benzene rings is 1. The second-order valence-corrected chi connectivity index (χ2v) is 4.77. The number of halogens is 4. The van der Waals surface area contributed by atoms with E-state index >= 15 is 0 Å². The van der Waals surface area contributed by atoms with E-state index in [2.05, 4.69) is 21.5 Å². The van der Waals surface area contributed by atoms with Gasteiger partial charge in [0, 0.05) is 32.2 Å². The zero-order valence-corrected chi connectivity index (χ0v) is 13.8. The van der Waals surface area contributed by atoms with Crippen molar-refractivity contribution in [3.8, 4) is 5.75 Å². The Hall–Kier alpha value is -0.880. The van der Waals surface area contributed by atoms with Crippen molar-refractivity contribution < 1.29 is 13.5 Å². The van der Waals surface area contributed by atoms with E-state index in [0.717, 1.165) is 38.2 Å². The van der Waals surface area contributed by atoms with Crippen molar-refractivity contribution in [2.45, 2.75) is 19.1 Å². The van der Waals surface area contributed by atoms with Crippen LogP contribution in [0.15, 0.2) is 36.9 Å². The van der Waals surface area contributed by atoms with Gasteiger partial charge in [0.2, 0.25) is 0 Å². The first-order chi connectivity index (χ1) is 9.70. The van der Waals surface area contributed by atoms with Crippen molar-refractivity contribution in [3.63, 3.8) is 0 Å². The minimum atomic E-state index is -2.78. The highest BCUT2D eigenvalue weighted by Crippen LogP contribution is 2.27. The number of nitrogens with one attached hydrogen (secondary N) is 1. The topological polar surface area (TPSA) is 24.5 Å². The van der Waals surface area contributed by atoms with E-state index in [1.165, 1.54) is 0 Å². The van der Waals surface area contributed by atoms with Crippen LogP contribution in [-0.2, 0) is 0 Å². The van der Waals surface area contributed by atoms with E-state index in [-0.39, 0.29) is 36.6 Å². The third kappa shape index (κ3) is 6.08. The second kappa shape index (κ2) is 10.8. The molecular weight excluding hydrogens is 333 g/mol. The summed E-state index contributed by atoms with van der Waals surface area (Å²) in [5.74, 6) is 0.196. The van der Waals surface area contributed by atoms with Gasteiger partial charge in [-0.25, -0.2) is 0 Å². The summed E-state index contributed by atoms with van der Waals surface area (Å²) in [4.78, 5) is 2.39. The van der Waals surface area contributed by atoms with Gasteiger partial charge in [0.05, 0.1) is 0 Å². The van der Waals surface area contributed by atoms with Gasteiger partial charge in [-0.2, -0.15) is 8.78 Å². The third-order valence-electron chi connectivity index (χ3n) is 3.47. The molecule has 0 aromatic heterocycles. The van der Waals surface area contributed by atoms with Crippen LogP contribution in [0, 0.1) is 0 Å². The minimum absolute atomic E-state index is 0. The molecule has 0 spiro atoms. The molecule has 0 unspecified atom stereocenters. The van der Waals surface area contributed by atoms with Gasteiger partial charge in [-0.1, -0.05) is 18.2 Å².